The van der Waals surface area contributed by atoms with Gasteiger partial charge in [-0.25, -0.2) is 13.4 Å². The molecule has 0 unspecified atom stereocenters. The lowest BCUT2D eigenvalue weighted by atomic mass is 9.85. The average molecular weight is 416 g/mol. The van der Waals surface area contributed by atoms with Gasteiger partial charge in [-0.15, -0.1) is 0 Å². The molecule has 0 bridgehead atoms. The molecule has 154 valence electrons. The van der Waals surface area contributed by atoms with Crippen molar-refractivity contribution in [1.29, 1.82) is 0 Å². The van der Waals surface area contributed by atoms with E-state index >= 15 is 0 Å². The molecule has 1 aromatic heterocycles. The number of anilines is 1. The monoisotopic (exact) mass is 415 g/mol. The highest BCUT2D eigenvalue weighted by Crippen LogP contribution is 2.38. The molecule has 0 spiro atoms. The first-order valence-corrected chi connectivity index (χ1v) is 11.8. The van der Waals surface area contributed by atoms with Crippen LogP contribution in [0.3, 0.4) is 0 Å². The Hall–Kier alpha value is -2.19. The quantitative estimate of drug-likeness (QED) is 0.770. The number of sulfonamides is 1. The highest BCUT2D eigenvalue weighted by Gasteiger charge is 2.34. The summed E-state index contributed by atoms with van der Waals surface area (Å²) in [4.78, 5) is 18.5. The summed E-state index contributed by atoms with van der Waals surface area (Å²) < 4.78 is 34.0. The highest BCUT2D eigenvalue weighted by molar-refractivity contribution is 7.89. The summed E-state index contributed by atoms with van der Waals surface area (Å²) in [7, 11) is -3.63. The van der Waals surface area contributed by atoms with Crippen molar-refractivity contribution >= 4 is 21.6 Å². The van der Waals surface area contributed by atoms with Crippen LogP contribution in [-0.4, -0.2) is 36.7 Å². The fourth-order valence-electron chi connectivity index (χ4n) is 4.44. The van der Waals surface area contributed by atoms with Crippen molar-refractivity contribution in [2.24, 2.45) is 0 Å². The van der Waals surface area contributed by atoms with Gasteiger partial charge in [0.05, 0.1) is 17.1 Å². The minimum absolute atomic E-state index is 0.0154. The van der Waals surface area contributed by atoms with Gasteiger partial charge in [-0.1, -0.05) is 6.42 Å². The number of rotatable bonds is 3. The van der Waals surface area contributed by atoms with Gasteiger partial charge in [0.1, 0.15) is 5.76 Å². The maximum Gasteiger partial charge on any atom is 0.243 e. The van der Waals surface area contributed by atoms with Gasteiger partial charge in [0.15, 0.2) is 5.89 Å². The zero-order chi connectivity index (χ0) is 20.2. The van der Waals surface area contributed by atoms with Crippen LogP contribution in [0.4, 0.5) is 5.69 Å². The minimum Gasteiger partial charge on any atom is -0.445 e. The topological polar surface area (TPSA) is 83.7 Å². The molecule has 1 saturated carbocycles. The molecule has 2 aromatic rings. The molecule has 1 aromatic carbocycles. The third kappa shape index (κ3) is 3.18. The number of oxazole rings is 1. The Morgan fingerprint density at radius 1 is 1.17 bits per heavy atom. The van der Waals surface area contributed by atoms with E-state index in [0.29, 0.717) is 25.4 Å². The lowest BCUT2D eigenvalue weighted by Gasteiger charge is -2.30. The lowest BCUT2D eigenvalue weighted by Crippen LogP contribution is -2.36. The fraction of sp³-hybridized carbons (Fsp3) is 0.524. The van der Waals surface area contributed by atoms with Crippen LogP contribution in [0.5, 0.6) is 0 Å². The fourth-order valence-corrected chi connectivity index (χ4v) is 5.89. The van der Waals surface area contributed by atoms with Crippen LogP contribution in [0.25, 0.3) is 0 Å². The highest BCUT2D eigenvalue weighted by atomic mass is 32.2. The Morgan fingerprint density at radius 2 is 2.00 bits per heavy atom. The standard InChI is InChI=1S/C21H25N3O4S/c1-14(25)24-10-3-6-16-12-17(7-8-19(16)24)29(26,27)23-11-9-20-18(13-23)22-21(28-20)15-4-2-5-15/h7-8,12,15H,2-6,9-11,13H2,1H3. The van der Waals surface area contributed by atoms with E-state index in [0.717, 1.165) is 54.3 Å². The number of carbonyl (C=O) groups is 1. The minimum atomic E-state index is -3.63. The molecule has 0 radical (unpaired) electrons. The van der Waals surface area contributed by atoms with Crippen molar-refractivity contribution < 1.29 is 17.6 Å². The second kappa shape index (κ2) is 6.95. The van der Waals surface area contributed by atoms with Crippen LogP contribution in [0.1, 0.15) is 61.4 Å². The summed E-state index contributed by atoms with van der Waals surface area (Å²) in [6.45, 7) is 2.87. The second-order valence-electron chi connectivity index (χ2n) is 8.20. The predicted molar refractivity (Wildman–Crippen MR) is 107 cm³/mol. The molecule has 3 aliphatic rings. The van der Waals surface area contributed by atoms with Gasteiger partial charge < -0.3 is 9.32 Å². The van der Waals surface area contributed by atoms with Crippen molar-refractivity contribution in [2.75, 3.05) is 18.0 Å². The van der Waals surface area contributed by atoms with Gasteiger partial charge >= 0.3 is 0 Å². The van der Waals surface area contributed by atoms with E-state index in [9.17, 15) is 13.2 Å². The number of aryl methyl sites for hydroxylation is 1. The van der Waals surface area contributed by atoms with Crippen LogP contribution in [0.15, 0.2) is 27.5 Å². The molecule has 1 fully saturated rings. The molecule has 1 aliphatic carbocycles. The number of carbonyl (C=O) groups excluding carboxylic acids is 1. The zero-order valence-electron chi connectivity index (χ0n) is 16.6. The number of fused-ring (bicyclic) bond motifs is 2. The summed E-state index contributed by atoms with van der Waals surface area (Å²) in [6, 6.07) is 5.12. The second-order valence-corrected chi connectivity index (χ2v) is 10.1. The molecule has 7 nitrogen and oxygen atoms in total. The van der Waals surface area contributed by atoms with E-state index in [2.05, 4.69) is 4.98 Å². The Kier molecular flexibility index (Phi) is 4.51. The number of hydrogen-bond acceptors (Lipinski definition) is 5. The van der Waals surface area contributed by atoms with Crippen LogP contribution in [0.2, 0.25) is 0 Å². The van der Waals surface area contributed by atoms with E-state index in [-0.39, 0.29) is 17.3 Å². The van der Waals surface area contributed by atoms with E-state index in [1.807, 2.05) is 0 Å². The first-order valence-electron chi connectivity index (χ1n) is 10.3. The first-order chi connectivity index (χ1) is 13.9. The molecule has 5 rings (SSSR count). The number of nitrogens with zero attached hydrogens (tertiary/aromatic N) is 3. The van der Waals surface area contributed by atoms with Crippen molar-refractivity contribution in [3.63, 3.8) is 0 Å². The van der Waals surface area contributed by atoms with Crippen molar-refractivity contribution in [2.45, 2.75) is 62.8 Å². The third-order valence-electron chi connectivity index (χ3n) is 6.35. The molecule has 0 saturated heterocycles. The summed E-state index contributed by atoms with van der Waals surface area (Å²) in [5.74, 6) is 1.99. The van der Waals surface area contributed by atoms with Crippen molar-refractivity contribution in [1.82, 2.24) is 9.29 Å². The maximum absolute atomic E-state index is 13.3. The first kappa shape index (κ1) is 18.8. The SMILES string of the molecule is CC(=O)N1CCCc2cc(S(=O)(=O)N3CCc4oc(C5CCC5)nc4C3)ccc21. The van der Waals surface area contributed by atoms with Gasteiger partial charge in [-0.05, 0) is 49.4 Å². The molecule has 1 amide bonds. The van der Waals surface area contributed by atoms with Gasteiger partial charge in [-0.3, -0.25) is 4.79 Å². The predicted octanol–water partition coefficient (Wildman–Crippen LogP) is 2.99. The van der Waals surface area contributed by atoms with Crippen LogP contribution >= 0.6 is 0 Å². The number of hydrogen-bond donors (Lipinski definition) is 0. The van der Waals surface area contributed by atoms with Crippen LogP contribution < -0.4 is 4.90 Å². The van der Waals surface area contributed by atoms with Crippen LogP contribution in [0, 0.1) is 0 Å². The molecular weight excluding hydrogens is 390 g/mol. The van der Waals surface area contributed by atoms with Gasteiger partial charge in [0, 0.05) is 38.0 Å². The molecule has 29 heavy (non-hydrogen) atoms. The van der Waals surface area contributed by atoms with Crippen molar-refractivity contribution in [3.8, 4) is 0 Å². The Labute approximate surface area is 170 Å². The molecule has 3 heterocycles. The largest absolute Gasteiger partial charge is 0.445 e. The van der Waals surface area contributed by atoms with E-state index in [4.69, 9.17) is 4.42 Å². The summed E-state index contributed by atoms with van der Waals surface area (Å²) in [5.41, 5.74) is 2.49. The molecule has 0 N–H and O–H groups in total. The Bertz CT molecular complexity index is 1070. The molecule has 2 aliphatic heterocycles. The van der Waals surface area contributed by atoms with Gasteiger partial charge in [0.2, 0.25) is 15.9 Å². The van der Waals surface area contributed by atoms with E-state index in [1.54, 1.807) is 30.0 Å². The zero-order valence-corrected chi connectivity index (χ0v) is 17.4. The lowest BCUT2D eigenvalue weighted by molar-refractivity contribution is -0.116. The summed E-state index contributed by atoms with van der Waals surface area (Å²) in [6.07, 6.45) is 5.59. The molecular formula is C21H25N3O4S. The van der Waals surface area contributed by atoms with E-state index < -0.39 is 10.0 Å². The summed E-state index contributed by atoms with van der Waals surface area (Å²) in [5, 5.41) is 0. The van der Waals surface area contributed by atoms with Gasteiger partial charge in [-0.2, -0.15) is 4.31 Å². The molecule has 8 heteroatoms. The average Bonchev–Trinajstić information content (AvgIpc) is 3.07. The molecule has 0 atom stereocenters. The summed E-state index contributed by atoms with van der Waals surface area (Å²) >= 11 is 0. The Balaban J connectivity index is 1.41. The normalized spacial score (nSPS) is 20.1. The van der Waals surface area contributed by atoms with Gasteiger partial charge in [0.25, 0.3) is 0 Å². The van der Waals surface area contributed by atoms with Crippen LogP contribution in [-0.2, 0) is 34.2 Å². The Morgan fingerprint density at radius 3 is 2.72 bits per heavy atom. The number of benzene rings is 1. The third-order valence-corrected chi connectivity index (χ3v) is 8.19. The number of aromatic nitrogens is 1. The maximum atomic E-state index is 13.3. The smallest absolute Gasteiger partial charge is 0.243 e. The van der Waals surface area contributed by atoms with Crippen molar-refractivity contribution in [3.05, 3.63) is 41.1 Å². The number of amides is 1. The van der Waals surface area contributed by atoms with E-state index in [1.165, 1.54) is 10.7 Å².